The summed E-state index contributed by atoms with van der Waals surface area (Å²) in [6.07, 6.45) is 2.61. The fourth-order valence-corrected chi connectivity index (χ4v) is 2.30. The van der Waals surface area contributed by atoms with E-state index in [0.717, 1.165) is 41.9 Å². The number of ether oxygens (including phenoxy) is 1. The van der Waals surface area contributed by atoms with Gasteiger partial charge in [0, 0.05) is 17.9 Å². The number of aromatic nitrogens is 2. The minimum atomic E-state index is 0.474. The molecule has 1 aliphatic rings. The number of fused-ring (bicyclic) bond motifs is 1. The number of hydrogen-bond donors (Lipinski definition) is 1. The molecular formula is C14H17N3O2. The van der Waals surface area contributed by atoms with Gasteiger partial charge < -0.3 is 4.74 Å². The van der Waals surface area contributed by atoms with Gasteiger partial charge in [0.1, 0.15) is 6.33 Å². The van der Waals surface area contributed by atoms with E-state index in [1.54, 1.807) is 6.33 Å². The monoisotopic (exact) mass is 259 g/mol. The summed E-state index contributed by atoms with van der Waals surface area (Å²) >= 11 is 0. The Morgan fingerprint density at radius 2 is 2.37 bits per heavy atom. The predicted molar refractivity (Wildman–Crippen MR) is 72.8 cm³/mol. The lowest BCUT2D eigenvalue weighted by Crippen LogP contribution is -2.13. The third kappa shape index (κ3) is 2.67. The summed E-state index contributed by atoms with van der Waals surface area (Å²) in [5.74, 6) is 1.20. The number of benzene rings is 1. The zero-order chi connectivity index (χ0) is 13.1. The molecule has 0 bridgehead atoms. The summed E-state index contributed by atoms with van der Waals surface area (Å²) < 4.78 is 5.32. The van der Waals surface area contributed by atoms with Crippen molar-refractivity contribution in [3.05, 3.63) is 30.1 Å². The molecule has 100 valence electrons. The molecule has 1 aromatic heterocycles. The molecule has 2 aromatic rings. The Morgan fingerprint density at radius 3 is 3.21 bits per heavy atom. The fraction of sp³-hybridized carbons (Fsp3) is 0.429. The quantitative estimate of drug-likeness (QED) is 0.854. The van der Waals surface area contributed by atoms with Crippen LogP contribution in [0.25, 0.3) is 10.9 Å². The highest BCUT2D eigenvalue weighted by Gasteiger charge is 2.16. The lowest BCUT2D eigenvalue weighted by Gasteiger charge is -2.12. The van der Waals surface area contributed by atoms with Gasteiger partial charge in [0.15, 0.2) is 5.82 Å². The first-order valence-corrected chi connectivity index (χ1v) is 6.50. The Hall–Kier alpha value is -1.72. The third-order valence-electron chi connectivity index (χ3n) is 3.38. The van der Waals surface area contributed by atoms with Gasteiger partial charge in [-0.2, -0.15) is 0 Å². The maximum Gasteiger partial charge on any atom is 0.161 e. The zero-order valence-electron chi connectivity index (χ0n) is 10.9. The molecule has 1 fully saturated rings. The van der Waals surface area contributed by atoms with Gasteiger partial charge >= 0.3 is 0 Å². The van der Waals surface area contributed by atoms with Gasteiger partial charge in [-0.1, -0.05) is 12.1 Å². The van der Waals surface area contributed by atoms with Crippen LogP contribution >= 0.6 is 0 Å². The minimum Gasteiger partial charge on any atom is -0.381 e. The van der Waals surface area contributed by atoms with Gasteiger partial charge in [0.2, 0.25) is 0 Å². The highest BCUT2D eigenvalue weighted by Crippen LogP contribution is 2.23. The van der Waals surface area contributed by atoms with Crippen molar-refractivity contribution in [2.45, 2.75) is 13.3 Å². The van der Waals surface area contributed by atoms with Gasteiger partial charge in [-0.15, -0.1) is 0 Å². The van der Waals surface area contributed by atoms with Crippen molar-refractivity contribution in [3.63, 3.8) is 0 Å². The standard InChI is InChI=1S/C14H17N3O2/c1-10-3-2-4-12-13(10)14(16-9-15-12)17-19-8-11-5-6-18-7-11/h2-4,9,11H,5-8H2,1H3,(H,15,16,17). The van der Waals surface area contributed by atoms with E-state index in [-0.39, 0.29) is 0 Å². The molecule has 2 heterocycles. The Balaban J connectivity index is 1.73. The van der Waals surface area contributed by atoms with Gasteiger partial charge in [-0.3, -0.25) is 4.84 Å². The Labute approximate surface area is 111 Å². The van der Waals surface area contributed by atoms with Crippen molar-refractivity contribution < 1.29 is 9.57 Å². The van der Waals surface area contributed by atoms with Gasteiger partial charge in [0.05, 0.1) is 18.7 Å². The van der Waals surface area contributed by atoms with E-state index < -0.39 is 0 Å². The Morgan fingerprint density at radius 1 is 1.42 bits per heavy atom. The fourth-order valence-electron chi connectivity index (χ4n) is 2.30. The molecule has 1 unspecified atom stereocenters. The third-order valence-corrected chi connectivity index (χ3v) is 3.38. The molecule has 5 heteroatoms. The Kier molecular flexibility index (Phi) is 3.57. The summed E-state index contributed by atoms with van der Waals surface area (Å²) in [5, 5.41) is 1.01. The van der Waals surface area contributed by atoms with Crippen molar-refractivity contribution in [2.75, 3.05) is 25.3 Å². The van der Waals surface area contributed by atoms with Crippen LogP contribution in [-0.4, -0.2) is 29.8 Å². The van der Waals surface area contributed by atoms with E-state index in [0.29, 0.717) is 12.5 Å². The normalized spacial score (nSPS) is 18.9. The summed E-state index contributed by atoms with van der Waals surface area (Å²) in [4.78, 5) is 14.1. The van der Waals surface area contributed by atoms with Crippen molar-refractivity contribution in [1.29, 1.82) is 0 Å². The second-order valence-electron chi connectivity index (χ2n) is 4.83. The topological polar surface area (TPSA) is 56.3 Å². The SMILES string of the molecule is Cc1cccc2ncnc(NOCC3CCOC3)c12. The van der Waals surface area contributed by atoms with Crippen molar-refractivity contribution in [2.24, 2.45) is 5.92 Å². The van der Waals surface area contributed by atoms with Crippen molar-refractivity contribution in [1.82, 2.24) is 9.97 Å². The lowest BCUT2D eigenvalue weighted by atomic mass is 10.1. The molecule has 1 N–H and O–H groups in total. The van der Waals surface area contributed by atoms with Crippen molar-refractivity contribution in [3.8, 4) is 0 Å². The average Bonchev–Trinajstić information content (AvgIpc) is 2.92. The van der Waals surface area contributed by atoms with E-state index >= 15 is 0 Å². The highest BCUT2D eigenvalue weighted by atomic mass is 16.6. The molecule has 0 radical (unpaired) electrons. The largest absolute Gasteiger partial charge is 0.381 e. The minimum absolute atomic E-state index is 0.474. The second kappa shape index (κ2) is 5.50. The molecule has 0 saturated carbocycles. The predicted octanol–water partition coefficient (Wildman–Crippen LogP) is 2.32. The average molecular weight is 259 g/mol. The number of rotatable bonds is 4. The van der Waals surface area contributed by atoms with E-state index in [2.05, 4.69) is 15.4 Å². The van der Waals surface area contributed by atoms with Crippen LogP contribution in [0.2, 0.25) is 0 Å². The first-order valence-electron chi connectivity index (χ1n) is 6.50. The summed E-state index contributed by atoms with van der Waals surface area (Å²) in [6, 6.07) is 6.01. The molecule has 1 saturated heterocycles. The molecule has 5 nitrogen and oxygen atoms in total. The van der Waals surface area contributed by atoms with Crippen molar-refractivity contribution >= 4 is 16.7 Å². The summed E-state index contributed by atoms with van der Waals surface area (Å²) in [7, 11) is 0. The van der Waals surface area contributed by atoms with Crippen LogP contribution < -0.4 is 5.48 Å². The zero-order valence-corrected chi connectivity index (χ0v) is 10.9. The van der Waals surface area contributed by atoms with Crippen LogP contribution in [0, 0.1) is 12.8 Å². The maximum absolute atomic E-state index is 5.55. The van der Waals surface area contributed by atoms with Crippen LogP contribution in [0.1, 0.15) is 12.0 Å². The van der Waals surface area contributed by atoms with Gasteiger partial charge in [-0.25, -0.2) is 15.4 Å². The molecule has 0 aliphatic carbocycles. The van der Waals surface area contributed by atoms with Crippen LogP contribution in [0.5, 0.6) is 0 Å². The number of hydrogen-bond acceptors (Lipinski definition) is 5. The Bertz CT molecular complexity index is 562. The number of aryl methyl sites for hydroxylation is 1. The summed E-state index contributed by atoms with van der Waals surface area (Å²) in [6.45, 7) is 4.30. The van der Waals surface area contributed by atoms with E-state index in [1.165, 1.54) is 0 Å². The molecular weight excluding hydrogens is 242 g/mol. The molecule has 0 amide bonds. The van der Waals surface area contributed by atoms with E-state index in [4.69, 9.17) is 9.57 Å². The number of nitrogens with zero attached hydrogens (tertiary/aromatic N) is 2. The lowest BCUT2D eigenvalue weighted by molar-refractivity contribution is 0.126. The van der Waals surface area contributed by atoms with Crippen LogP contribution in [0.4, 0.5) is 5.82 Å². The molecule has 0 spiro atoms. The van der Waals surface area contributed by atoms with Crippen LogP contribution in [-0.2, 0) is 9.57 Å². The van der Waals surface area contributed by atoms with Crippen LogP contribution in [0.3, 0.4) is 0 Å². The van der Waals surface area contributed by atoms with E-state index in [9.17, 15) is 0 Å². The second-order valence-corrected chi connectivity index (χ2v) is 4.83. The molecule has 1 atom stereocenters. The molecule has 19 heavy (non-hydrogen) atoms. The molecule has 1 aromatic carbocycles. The van der Waals surface area contributed by atoms with Crippen LogP contribution in [0.15, 0.2) is 24.5 Å². The molecule has 1 aliphatic heterocycles. The number of anilines is 1. The first-order chi connectivity index (χ1) is 9.34. The summed E-state index contributed by atoms with van der Waals surface area (Å²) in [5.41, 5.74) is 5.00. The molecule has 3 rings (SSSR count). The highest BCUT2D eigenvalue weighted by molar-refractivity contribution is 5.91. The van der Waals surface area contributed by atoms with E-state index in [1.807, 2.05) is 25.1 Å². The van der Waals surface area contributed by atoms with Gasteiger partial charge in [-0.05, 0) is 25.0 Å². The maximum atomic E-state index is 5.55. The first kappa shape index (κ1) is 12.3. The number of nitrogens with one attached hydrogen (secondary N) is 1. The smallest absolute Gasteiger partial charge is 0.161 e. The van der Waals surface area contributed by atoms with Gasteiger partial charge in [0.25, 0.3) is 0 Å².